The van der Waals surface area contributed by atoms with E-state index >= 15 is 0 Å². The molecule has 0 spiro atoms. The van der Waals surface area contributed by atoms with E-state index in [0.717, 1.165) is 23.1 Å². The number of amides is 2. The summed E-state index contributed by atoms with van der Waals surface area (Å²) in [5.74, 6) is 0.0365. The van der Waals surface area contributed by atoms with Crippen LogP contribution in [0.1, 0.15) is 43.0 Å². The van der Waals surface area contributed by atoms with E-state index in [4.69, 9.17) is 9.47 Å². The Labute approximate surface area is 182 Å². The number of methoxy groups -OCH3 is 1. The van der Waals surface area contributed by atoms with Gasteiger partial charge in [-0.05, 0) is 54.3 Å². The second kappa shape index (κ2) is 10.4. The fourth-order valence-electron chi connectivity index (χ4n) is 3.82. The molecule has 2 unspecified atom stereocenters. The molecular weight excluding hydrogens is 399 g/mol. The lowest BCUT2D eigenvalue weighted by Crippen LogP contribution is -2.40. The zero-order valence-electron chi connectivity index (χ0n) is 18.2. The first-order valence-electron chi connectivity index (χ1n) is 10.6. The summed E-state index contributed by atoms with van der Waals surface area (Å²) in [5.41, 5.74) is 2.88. The van der Waals surface area contributed by atoms with Crippen molar-refractivity contribution in [3.05, 3.63) is 65.0 Å². The normalized spacial score (nSPS) is 16.4. The highest BCUT2D eigenvalue weighted by atomic mass is 19.1. The molecule has 0 fully saturated rings. The molecular formula is C24H29FN2O4. The number of hydrogen-bond acceptors (Lipinski definition) is 4. The first-order chi connectivity index (χ1) is 14.9. The van der Waals surface area contributed by atoms with E-state index in [2.05, 4.69) is 5.32 Å². The van der Waals surface area contributed by atoms with Crippen LogP contribution < -0.4 is 10.1 Å². The van der Waals surface area contributed by atoms with Crippen molar-refractivity contribution in [1.82, 2.24) is 10.2 Å². The van der Waals surface area contributed by atoms with Crippen LogP contribution in [0, 0.1) is 5.82 Å². The smallest absolute Gasteiger partial charge is 0.260 e. The largest absolute Gasteiger partial charge is 0.481 e. The highest BCUT2D eigenvalue weighted by Gasteiger charge is 2.32. The van der Waals surface area contributed by atoms with E-state index in [1.54, 1.807) is 26.2 Å². The quantitative estimate of drug-likeness (QED) is 0.656. The predicted molar refractivity (Wildman–Crippen MR) is 115 cm³/mol. The molecule has 0 aromatic heterocycles. The lowest BCUT2D eigenvalue weighted by molar-refractivity contribution is -0.133. The van der Waals surface area contributed by atoms with Crippen molar-refractivity contribution in [2.75, 3.05) is 26.8 Å². The fraction of sp³-hybridized carbons (Fsp3) is 0.417. The van der Waals surface area contributed by atoms with Crippen molar-refractivity contribution in [2.24, 2.45) is 0 Å². The van der Waals surface area contributed by atoms with Gasteiger partial charge in [-0.15, -0.1) is 0 Å². The van der Waals surface area contributed by atoms with Crippen LogP contribution >= 0.6 is 0 Å². The second-order valence-electron chi connectivity index (χ2n) is 7.55. The summed E-state index contributed by atoms with van der Waals surface area (Å²) in [5, 5.41) is 2.76. The molecule has 0 saturated carbocycles. The summed E-state index contributed by atoms with van der Waals surface area (Å²) < 4.78 is 24.3. The second-order valence-corrected chi connectivity index (χ2v) is 7.55. The molecule has 3 rings (SSSR count). The zero-order chi connectivity index (χ0) is 22.4. The molecule has 7 heteroatoms. The number of benzene rings is 2. The Balaban J connectivity index is 1.89. The molecule has 1 aliphatic heterocycles. The summed E-state index contributed by atoms with van der Waals surface area (Å²) in [7, 11) is 1.57. The molecule has 6 nitrogen and oxygen atoms in total. The van der Waals surface area contributed by atoms with Crippen LogP contribution in [-0.4, -0.2) is 49.6 Å². The molecule has 2 atom stereocenters. The van der Waals surface area contributed by atoms with Crippen LogP contribution in [0.5, 0.6) is 5.75 Å². The molecule has 2 aromatic rings. The summed E-state index contributed by atoms with van der Waals surface area (Å²) in [6.07, 6.45) is 0.435. The van der Waals surface area contributed by atoms with Crippen molar-refractivity contribution in [3.63, 3.8) is 0 Å². The van der Waals surface area contributed by atoms with Gasteiger partial charge in [0.25, 0.3) is 5.91 Å². The molecule has 1 aliphatic rings. The van der Waals surface area contributed by atoms with Gasteiger partial charge in [0.1, 0.15) is 11.6 Å². The molecule has 2 amide bonds. The number of fused-ring (bicyclic) bond motifs is 1. The van der Waals surface area contributed by atoms with E-state index in [9.17, 15) is 14.0 Å². The van der Waals surface area contributed by atoms with Gasteiger partial charge in [0.15, 0.2) is 6.10 Å². The number of halogens is 1. The molecule has 1 N–H and O–H groups in total. The lowest BCUT2D eigenvalue weighted by atomic mass is 9.87. The van der Waals surface area contributed by atoms with Crippen LogP contribution in [0.4, 0.5) is 4.39 Å². The Kier molecular flexibility index (Phi) is 7.63. The van der Waals surface area contributed by atoms with Crippen LogP contribution in [0.15, 0.2) is 42.5 Å². The van der Waals surface area contributed by atoms with Crippen LogP contribution in [0.2, 0.25) is 0 Å². The Bertz CT molecular complexity index is 916. The van der Waals surface area contributed by atoms with Crippen molar-refractivity contribution in [1.29, 1.82) is 0 Å². The first-order valence-corrected chi connectivity index (χ1v) is 10.6. The monoisotopic (exact) mass is 428 g/mol. The van der Waals surface area contributed by atoms with Crippen LogP contribution in [0.25, 0.3) is 0 Å². The van der Waals surface area contributed by atoms with E-state index in [1.807, 2.05) is 30.0 Å². The van der Waals surface area contributed by atoms with Crippen LogP contribution in [0.3, 0.4) is 0 Å². The summed E-state index contributed by atoms with van der Waals surface area (Å²) >= 11 is 0. The number of hydrogen-bond donors (Lipinski definition) is 1. The molecule has 0 radical (unpaired) electrons. The Morgan fingerprint density at radius 2 is 1.97 bits per heavy atom. The minimum atomic E-state index is -0.684. The molecule has 2 aromatic carbocycles. The topological polar surface area (TPSA) is 67.9 Å². The summed E-state index contributed by atoms with van der Waals surface area (Å²) in [4.78, 5) is 26.7. The highest BCUT2D eigenvalue weighted by Crippen LogP contribution is 2.37. The third-order valence-electron chi connectivity index (χ3n) is 5.44. The lowest BCUT2D eigenvalue weighted by Gasteiger charge is -2.38. The average Bonchev–Trinajstić information content (AvgIpc) is 2.78. The number of nitrogens with one attached hydrogen (secondary N) is 1. The van der Waals surface area contributed by atoms with E-state index in [1.165, 1.54) is 12.1 Å². The van der Waals surface area contributed by atoms with Crippen molar-refractivity contribution >= 4 is 11.8 Å². The Morgan fingerprint density at radius 1 is 1.23 bits per heavy atom. The van der Waals surface area contributed by atoms with Crippen molar-refractivity contribution in [3.8, 4) is 5.75 Å². The van der Waals surface area contributed by atoms with Gasteiger partial charge >= 0.3 is 0 Å². The average molecular weight is 429 g/mol. The number of carbonyl (C=O) groups is 2. The zero-order valence-corrected chi connectivity index (χ0v) is 18.2. The molecule has 1 heterocycles. The van der Waals surface area contributed by atoms with Crippen molar-refractivity contribution < 1.29 is 23.5 Å². The van der Waals surface area contributed by atoms with Gasteiger partial charge in [-0.1, -0.05) is 25.1 Å². The van der Waals surface area contributed by atoms with E-state index in [-0.39, 0.29) is 23.7 Å². The first kappa shape index (κ1) is 22.7. The summed E-state index contributed by atoms with van der Waals surface area (Å²) in [6, 6.07) is 11.6. The maximum atomic E-state index is 13.5. The Morgan fingerprint density at radius 3 is 2.65 bits per heavy atom. The number of rotatable bonds is 8. The highest BCUT2D eigenvalue weighted by molar-refractivity contribution is 5.80. The van der Waals surface area contributed by atoms with Gasteiger partial charge < -0.3 is 19.7 Å². The SMILES string of the molecule is CCC(=O)N1CCc2ccc(OC(C)C(=O)NCCOC)cc2C1c1ccc(F)cc1. The molecule has 166 valence electrons. The van der Waals surface area contributed by atoms with E-state index < -0.39 is 6.10 Å². The standard InChI is InChI=1S/C24H29FN2O4/c1-4-22(28)27-13-11-17-7-10-20(31-16(2)24(29)26-12-14-30-3)15-21(17)23(27)18-5-8-19(25)9-6-18/h5-10,15-16,23H,4,11-14H2,1-3H3,(H,26,29). The maximum Gasteiger partial charge on any atom is 0.260 e. The van der Waals surface area contributed by atoms with Gasteiger partial charge in [0.2, 0.25) is 5.91 Å². The molecule has 0 bridgehead atoms. The number of ether oxygens (including phenoxy) is 2. The van der Waals surface area contributed by atoms with Gasteiger partial charge in [-0.25, -0.2) is 4.39 Å². The van der Waals surface area contributed by atoms with Crippen molar-refractivity contribution in [2.45, 2.75) is 38.8 Å². The number of nitrogens with zero attached hydrogens (tertiary/aromatic N) is 1. The third kappa shape index (κ3) is 5.41. The van der Waals surface area contributed by atoms with Gasteiger partial charge in [0.05, 0.1) is 12.6 Å². The van der Waals surface area contributed by atoms with Crippen LogP contribution in [-0.2, 0) is 20.7 Å². The minimum absolute atomic E-state index is 0.0391. The number of carbonyl (C=O) groups excluding carboxylic acids is 2. The van der Waals surface area contributed by atoms with Gasteiger partial charge in [0, 0.05) is 26.6 Å². The van der Waals surface area contributed by atoms with Gasteiger partial charge in [-0.2, -0.15) is 0 Å². The molecule has 0 aliphatic carbocycles. The summed E-state index contributed by atoms with van der Waals surface area (Å²) in [6.45, 7) is 4.96. The maximum absolute atomic E-state index is 13.5. The van der Waals surface area contributed by atoms with Gasteiger partial charge in [-0.3, -0.25) is 9.59 Å². The minimum Gasteiger partial charge on any atom is -0.481 e. The third-order valence-corrected chi connectivity index (χ3v) is 5.44. The predicted octanol–water partition coefficient (Wildman–Crippen LogP) is 3.24. The Hall–Kier alpha value is -2.93. The molecule has 31 heavy (non-hydrogen) atoms. The fourth-order valence-corrected chi connectivity index (χ4v) is 3.82. The molecule has 0 saturated heterocycles. The van der Waals surface area contributed by atoms with E-state index in [0.29, 0.717) is 31.9 Å².